The van der Waals surface area contributed by atoms with Gasteiger partial charge in [-0.2, -0.15) is 0 Å². The molecule has 0 bridgehead atoms. The lowest BCUT2D eigenvalue weighted by Crippen LogP contribution is -2.26. The summed E-state index contributed by atoms with van der Waals surface area (Å²) in [7, 11) is 0. The van der Waals surface area contributed by atoms with Crippen LogP contribution in [0.1, 0.15) is 44.5 Å². The third kappa shape index (κ3) is 5.33. The van der Waals surface area contributed by atoms with Crippen LogP contribution in [0.25, 0.3) is 55.3 Å². The highest BCUT2D eigenvalue weighted by Gasteiger charge is 2.54. The first-order chi connectivity index (χ1) is 36.7. The average Bonchev–Trinajstić information content (AvgIpc) is 4.19. The molecule has 1 unspecified atom stereocenters. The zero-order valence-corrected chi connectivity index (χ0v) is 40.5. The zero-order valence-electron chi connectivity index (χ0n) is 40.5. The van der Waals surface area contributed by atoms with Crippen LogP contribution < -0.4 is 9.80 Å². The van der Waals surface area contributed by atoms with Gasteiger partial charge in [0.1, 0.15) is 0 Å². The number of fused-ring (bicyclic) bond motifs is 22. The second-order valence-corrected chi connectivity index (χ2v) is 20.2. The minimum absolute atomic E-state index is 0.421. The van der Waals surface area contributed by atoms with Gasteiger partial charge in [-0.1, -0.05) is 212 Å². The van der Waals surface area contributed by atoms with Crippen LogP contribution in [0.3, 0.4) is 0 Å². The number of anilines is 6. The summed E-state index contributed by atoms with van der Waals surface area (Å²) in [6.07, 6.45) is 0. The van der Waals surface area contributed by atoms with Gasteiger partial charge in [0, 0.05) is 33.8 Å². The minimum Gasteiger partial charge on any atom is -0.310 e. The molecular formula is C72H46N2. The van der Waals surface area contributed by atoms with E-state index in [1.165, 1.54) is 99.8 Å². The Hall–Kier alpha value is -9.50. The lowest BCUT2D eigenvalue weighted by molar-refractivity contribution is 0.793. The molecule has 344 valence electrons. The van der Waals surface area contributed by atoms with Crippen LogP contribution in [-0.4, -0.2) is 0 Å². The highest BCUT2D eigenvalue weighted by Crippen LogP contribution is 2.67. The van der Waals surface area contributed by atoms with Gasteiger partial charge < -0.3 is 9.80 Å². The van der Waals surface area contributed by atoms with E-state index in [-0.39, 0.29) is 0 Å². The van der Waals surface area contributed by atoms with Crippen molar-refractivity contribution in [2.45, 2.75) is 10.8 Å². The highest BCUT2D eigenvalue weighted by molar-refractivity contribution is 6.12. The monoisotopic (exact) mass is 938 g/mol. The molecule has 12 aromatic carbocycles. The number of benzene rings is 12. The van der Waals surface area contributed by atoms with Gasteiger partial charge in [-0.3, -0.25) is 0 Å². The van der Waals surface area contributed by atoms with E-state index in [0.29, 0.717) is 0 Å². The number of rotatable bonds is 6. The Bertz CT molecular complexity index is 4190. The van der Waals surface area contributed by atoms with Crippen LogP contribution in [0.4, 0.5) is 34.1 Å². The summed E-state index contributed by atoms with van der Waals surface area (Å²) in [6, 6.07) is 104. The van der Waals surface area contributed by atoms with Gasteiger partial charge in [-0.05, 0) is 161 Å². The molecule has 12 aromatic rings. The maximum absolute atomic E-state index is 2.57. The quantitative estimate of drug-likeness (QED) is 0.164. The molecule has 0 saturated heterocycles. The fourth-order valence-corrected chi connectivity index (χ4v) is 14.1. The van der Waals surface area contributed by atoms with Crippen LogP contribution in [0, 0.1) is 0 Å². The molecule has 1 atom stereocenters. The van der Waals surface area contributed by atoms with Crippen molar-refractivity contribution in [3.8, 4) is 44.5 Å². The van der Waals surface area contributed by atoms with Gasteiger partial charge in [0.2, 0.25) is 0 Å². The molecular weight excluding hydrogens is 893 g/mol. The van der Waals surface area contributed by atoms with Gasteiger partial charge in [-0.25, -0.2) is 0 Å². The Morgan fingerprint density at radius 3 is 1.00 bits per heavy atom. The molecule has 0 amide bonds. The van der Waals surface area contributed by atoms with Crippen molar-refractivity contribution in [1.82, 2.24) is 0 Å². The molecule has 4 aliphatic carbocycles. The predicted molar refractivity (Wildman–Crippen MR) is 306 cm³/mol. The summed E-state index contributed by atoms with van der Waals surface area (Å²) in [5, 5.41) is 2.46. The first-order valence-corrected chi connectivity index (χ1v) is 25.8. The van der Waals surface area contributed by atoms with Crippen LogP contribution in [0.2, 0.25) is 0 Å². The van der Waals surface area contributed by atoms with E-state index in [1.807, 2.05) is 0 Å². The van der Waals surface area contributed by atoms with E-state index >= 15 is 0 Å². The fraction of sp³-hybridized carbons (Fsp3) is 0.0278. The number of nitrogens with zero attached hydrogens (tertiary/aromatic N) is 2. The van der Waals surface area contributed by atoms with E-state index in [1.54, 1.807) is 0 Å². The molecule has 2 heteroatoms. The van der Waals surface area contributed by atoms with Crippen molar-refractivity contribution < 1.29 is 0 Å². The average molecular weight is 939 g/mol. The Morgan fingerprint density at radius 1 is 0.203 bits per heavy atom. The van der Waals surface area contributed by atoms with Gasteiger partial charge in [-0.15, -0.1) is 0 Å². The Labute approximate surface area is 431 Å². The molecule has 16 rings (SSSR count). The third-order valence-corrected chi connectivity index (χ3v) is 16.8. The van der Waals surface area contributed by atoms with E-state index in [9.17, 15) is 0 Å². The smallest absolute Gasteiger partial charge is 0.0726 e. The molecule has 0 radical (unpaired) electrons. The van der Waals surface area contributed by atoms with Crippen molar-refractivity contribution in [2.75, 3.05) is 9.80 Å². The lowest BCUT2D eigenvalue weighted by Gasteiger charge is -2.34. The highest BCUT2D eigenvalue weighted by atomic mass is 15.1. The van der Waals surface area contributed by atoms with E-state index in [4.69, 9.17) is 0 Å². The number of para-hydroxylation sites is 3. The summed E-state index contributed by atoms with van der Waals surface area (Å²) >= 11 is 0. The van der Waals surface area contributed by atoms with Crippen LogP contribution in [-0.2, 0) is 10.8 Å². The van der Waals surface area contributed by atoms with Crippen molar-refractivity contribution >= 4 is 44.9 Å². The Kier molecular flexibility index (Phi) is 8.62. The standard InChI is InChI=1S/C72H46N2/c1-4-22-47(23-5-1)73(48-24-6-2-7-25-48)50-40-42-67-59(44-50)55-31-15-20-38-64(55)72(67)65-39-21-16-34-58(65)70-57-33-11-10-32-56(57)69(46-68(70)72)74(49-26-8-3-9-27-49)51-41-43-66-60(45-51)54-30-14-19-37-63(54)71(66)61-35-17-12-28-52(61)53-29-13-18-36-62(53)71/h1-46H. The molecule has 0 fully saturated rings. The Balaban J connectivity index is 0.955. The topological polar surface area (TPSA) is 6.48 Å². The molecule has 0 N–H and O–H groups in total. The largest absolute Gasteiger partial charge is 0.310 e. The lowest BCUT2D eigenvalue weighted by atomic mass is 9.70. The maximum atomic E-state index is 2.57. The van der Waals surface area contributed by atoms with E-state index in [0.717, 1.165) is 34.1 Å². The van der Waals surface area contributed by atoms with Crippen molar-refractivity contribution in [3.05, 3.63) is 324 Å². The normalized spacial score (nSPS) is 15.2. The summed E-state index contributed by atoms with van der Waals surface area (Å²) in [4.78, 5) is 4.92. The molecule has 4 aliphatic rings. The Morgan fingerprint density at radius 2 is 0.527 bits per heavy atom. The van der Waals surface area contributed by atoms with E-state index in [2.05, 4.69) is 289 Å². The first-order valence-electron chi connectivity index (χ1n) is 25.8. The van der Waals surface area contributed by atoms with Crippen LogP contribution >= 0.6 is 0 Å². The van der Waals surface area contributed by atoms with Crippen molar-refractivity contribution in [2.24, 2.45) is 0 Å². The molecule has 2 spiro atoms. The minimum atomic E-state index is -0.589. The second-order valence-electron chi connectivity index (χ2n) is 20.2. The zero-order chi connectivity index (χ0) is 48.5. The number of hydrogen-bond donors (Lipinski definition) is 0. The van der Waals surface area contributed by atoms with Crippen LogP contribution in [0.15, 0.2) is 279 Å². The summed E-state index contributed by atoms with van der Waals surface area (Å²) in [5.41, 5.74) is 26.7. The van der Waals surface area contributed by atoms with Crippen LogP contribution in [0.5, 0.6) is 0 Å². The van der Waals surface area contributed by atoms with E-state index < -0.39 is 10.8 Å². The van der Waals surface area contributed by atoms with Gasteiger partial charge >= 0.3 is 0 Å². The van der Waals surface area contributed by atoms with Crippen molar-refractivity contribution in [1.29, 1.82) is 0 Å². The first kappa shape index (κ1) is 41.2. The SMILES string of the molecule is c1ccc(N(c2ccccc2)c2ccc3c(c2)-c2ccccc2C32c3ccccc3-c3c2cc(N(c2ccccc2)c2ccc4c(c2)-c2ccccc2C42c4ccccc4-c4ccccc42)c2ccccc32)cc1. The second kappa shape index (κ2) is 15.5. The van der Waals surface area contributed by atoms with Gasteiger partial charge in [0.15, 0.2) is 0 Å². The van der Waals surface area contributed by atoms with Crippen molar-refractivity contribution in [3.63, 3.8) is 0 Å². The molecule has 0 aliphatic heterocycles. The fourth-order valence-electron chi connectivity index (χ4n) is 14.1. The third-order valence-electron chi connectivity index (χ3n) is 16.8. The molecule has 0 aromatic heterocycles. The molecule has 0 heterocycles. The summed E-state index contributed by atoms with van der Waals surface area (Å²) in [5.74, 6) is 0. The maximum Gasteiger partial charge on any atom is 0.0726 e. The summed E-state index contributed by atoms with van der Waals surface area (Å²) in [6.45, 7) is 0. The number of hydrogen-bond acceptors (Lipinski definition) is 2. The summed E-state index contributed by atoms with van der Waals surface area (Å²) < 4.78 is 0. The van der Waals surface area contributed by atoms with Gasteiger partial charge in [0.25, 0.3) is 0 Å². The van der Waals surface area contributed by atoms with Gasteiger partial charge in [0.05, 0.1) is 16.5 Å². The molecule has 2 nitrogen and oxygen atoms in total. The molecule has 74 heavy (non-hydrogen) atoms. The predicted octanol–water partition coefficient (Wildman–Crippen LogP) is 18.5. The molecule has 0 saturated carbocycles.